The van der Waals surface area contributed by atoms with Gasteiger partial charge in [-0.25, -0.2) is 0 Å². The molecule has 1 aromatic heterocycles. The maximum Gasteiger partial charge on any atom is 0.311 e. The third kappa shape index (κ3) is 3.08. The van der Waals surface area contributed by atoms with Crippen LogP contribution in [0.15, 0.2) is 48.8 Å². The Morgan fingerprint density at radius 2 is 1.78 bits per heavy atom. The van der Waals surface area contributed by atoms with Gasteiger partial charge in [-0.1, -0.05) is 23.7 Å². The van der Waals surface area contributed by atoms with Crippen molar-refractivity contribution in [3.05, 3.63) is 64.9 Å². The molecule has 1 heterocycles. The molecular weight excluding hydrogens is 250 g/mol. The van der Waals surface area contributed by atoms with E-state index in [1.54, 1.807) is 36.7 Å². The Hall–Kier alpha value is -1.87. The summed E-state index contributed by atoms with van der Waals surface area (Å²) in [7, 11) is 0. The van der Waals surface area contributed by atoms with Crippen LogP contribution >= 0.6 is 11.6 Å². The summed E-state index contributed by atoms with van der Waals surface area (Å²) < 4.78 is 0. The lowest BCUT2D eigenvalue weighted by atomic mass is 9.92. The fraction of sp³-hybridized carbons (Fsp3) is 0.143. The molecule has 92 valence electrons. The molecule has 2 aromatic rings. The highest BCUT2D eigenvalue weighted by atomic mass is 35.5. The zero-order valence-electron chi connectivity index (χ0n) is 9.58. The Kier molecular flexibility index (Phi) is 3.95. The average molecular weight is 262 g/mol. The van der Waals surface area contributed by atoms with E-state index >= 15 is 0 Å². The van der Waals surface area contributed by atoms with E-state index in [4.69, 9.17) is 11.6 Å². The van der Waals surface area contributed by atoms with Gasteiger partial charge in [0.1, 0.15) is 0 Å². The van der Waals surface area contributed by atoms with E-state index in [1.165, 1.54) is 0 Å². The van der Waals surface area contributed by atoms with Crippen molar-refractivity contribution in [3.63, 3.8) is 0 Å². The number of carbonyl (C=O) groups is 1. The molecule has 0 aliphatic carbocycles. The molecule has 0 bridgehead atoms. The fourth-order valence-electron chi connectivity index (χ4n) is 1.80. The molecule has 0 aliphatic rings. The lowest BCUT2D eigenvalue weighted by molar-refractivity contribution is -0.138. The van der Waals surface area contributed by atoms with Crippen molar-refractivity contribution >= 4 is 17.6 Å². The van der Waals surface area contributed by atoms with Gasteiger partial charge in [0.15, 0.2) is 0 Å². The summed E-state index contributed by atoms with van der Waals surface area (Å²) >= 11 is 5.80. The number of aromatic nitrogens is 1. The molecule has 1 N–H and O–H groups in total. The van der Waals surface area contributed by atoms with Gasteiger partial charge in [-0.15, -0.1) is 0 Å². The largest absolute Gasteiger partial charge is 0.481 e. The predicted molar refractivity (Wildman–Crippen MR) is 69.8 cm³/mol. The lowest BCUT2D eigenvalue weighted by Gasteiger charge is -2.12. The van der Waals surface area contributed by atoms with Gasteiger partial charge >= 0.3 is 5.97 Å². The number of rotatable bonds is 4. The molecule has 1 aromatic carbocycles. The molecule has 0 radical (unpaired) electrons. The summed E-state index contributed by atoms with van der Waals surface area (Å²) in [4.78, 5) is 15.3. The first-order valence-electron chi connectivity index (χ1n) is 5.54. The zero-order chi connectivity index (χ0) is 13.0. The van der Waals surface area contributed by atoms with E-state index in [0.29, 0.717) is 11.4 Å². The molecule has 4 heteroatoms. The van der Waals surface area contributed by atoms with E-state index in [1.807, 2.05) is 12.1 Å². The van der Waals surface area contributed by atoms with Crippen LogP contribution in [-0.2, 0) is 11.2 Å². The molecule has 18 heavy (non-hydrogen) atoms. The van der Waals surface area contributed by atoms with Gasteiger partial charge in [-0.2, -0.15) is 0 Å². The Balaban J connectivity index is 2.24. The van der Waals surface area contributed by atoms with Crippen molar-refractivity contribution in [3.8, 4) is 0 Å². The number of nitrogens with zero attached hydrogens (tertiary/aromatic N) is 1. The maximum atomic E-state index is 11.3. The second-order valence-corrected chi connectivity index (χ2v) is 4.44. The number of benzene rings is 1. The van der Waals surface area contributed by atoms with E-state index in [0.717, 1.165) is 11.1 Å². The Labute approximate surface area is 110 Å². The van der Waals surface area contributed by atoms with Gasteiger partial charge < -0.3 is 5.11 Å². The van der Waals surface area contributed by atoms with Crippen LogP contribution in [0.4, 0.5) is 0 Å². The van der Waals surface area contributed by atoms with E-state index in [-0.39, 0.29) is 0 Å². The molecule has 0 aliphatic heterocycles. The molecule has 0 saturated carbocycles. The summed E-state index contributed by atoms with van der Waals surface area (Å²) in [5.41, 5.74) is 1.70. The Morgan fingerprint density at radius 3 is 2.33 bits per heavy atom. The quantitative estimate of drug-likeness (QED) is 0.920. The highest BCUT2D eigenvalue weighted by Gasteiger charge is 2.20. The maximum absolute atomic E-state index is 11.3. The van der Waals surface area contributed by atoms with Crippen LogP contribution in [0.2, 0.25) is 5.02 Å². The van der Waals surface area contributed by atoms with Crippen molar-refractivity contribution < 1.29 is 9.90 Å². The van der Waals surface area contributed by atoms with Gasteiger partial charge in [-0.3, -0.25) is 9.78 Å². The van der Waals surface area contributed by atoms with Crippen LogP contribution in [0.3, 0.4) is 0 Å². The molecular formula is C14H12ClNO2. The number of pyridine rings is 1. The highest BCUT2D eigenvalue weighted by molar-refractivity contribution is 6.30. The SMILES string of the molecule is O=C(O)[C@H](Cc1ccncc1)c1ccc(Cl)cc1. The summed E-state index contributed by atoms with van der Waals surface area (Å²) in [6.07, 6.45) is 3.77. The lowest BCUT2D eigenvalue weighted by Crippen LogP contribution is -2.14. The second kappa shape index (κ2) is 5.65. The van der Waals surface area contributed by atoms with Gasteiger partial charge in [-0.05, 0) is 41.8 Å². The number of hydrogen-bond acceptors (Lipinski definition) is 2. The van der Waals surface area contributed by atoms with Crippen molar-refractivity contribution in [1.82, 2.24) is 4.98 Å². The second-order valence-electron chi connectivity index (χ2n) is 4.00. The topological polar surface area (TPSA) is 50.2 Å². The average Bonchev–Trinajstić information content (AvgIpc) is 2.38. The van der Waals surface area contributed by atoms with Crippen molar-refractivity contribution in [1.29, 1.82) is 0 Å². The summed E-state index contributed by atoms with van der Waals surface area (Å²) in [6.45, 7) is 0. The van der Waals surface area contributed by atoms with Crippen LogP contribution in [0.25, 0.3) is 0 Å². The number of hydrogen-bond donors (Lipinski definition) is 1. The van der Waals surface area contributed by atoms with E-state index < -0.39 is 11.9 Å². The molecule has 2 rings (SSSR count). The van der Waals surface area contributed by atoms with E-state index in [9.17, 15) is 9.90 Å². The smallest absolute Gasteiger partial charge is 0.311 e. The molecule has 0 amide bonds. The van der Waals surface area contributed by atoms with Gasteiger partial charge in [0.2, 0.25) is 0 Å². The van der Waals surface area contributed by atoms with Crippen molar-refractivity contribution in [2.45, 2.75) is 12.3 Å². The van der Waals surface area contributed by atoms with E-state index in [2.05, 4.69) is 4.98 Å². The third-order valence-electron chi connectivity index (χ3n) is 2.76. The molecule has 0 fully saturated rings. The monoisotopic (exact) mass is 261 g/mol. The minimum absolute atomic E-state index is 0.444. The standard InChI is InChI=1S/C14H12ClNO2/c15-12-3-1-11(2-4-12)13(14(17)18)9-10-5-7-16-8-6-10/h1-8,13H,9H2,(H,17,18)/t13-/m1/s1. The number of carboxylic acid groups (broad SMARTS) is 1. The number of aliphatic carboxylic acids is 1. The summed E-state index contributed by atoms with van der Waals surface area (Å²) in [6, 6.07) is 10.6. The summed E-state index contributed by atoms with van der Waals surface area (Å²) in [5.74, 6) is -1.40. The van der Waals surface area contributed by atoms with Crippen LogP contribution in [-0.4, -0.2) is 16.1 Å². The van der Waals surface area contributed by atoms with Gasteiger partial charge in [0.25, 0.3) is 0 Å². The Bertz CT molecular complexity index is 525. The summed E-state index contributed by atoms with van der Waals surface area (Å²) in [5, 5.41) is 9.91. The number of carboxylic acids is 1. The van der Waals surface area contributed by atoms with Crippen LogP contribution < -0.4 is 0 Å². The fourth-order valence-corrected chi connectivity index (χ4v) is 1.92. The van der Waals surface area contributed by atoms with Crippen LogP contribution in [0, 0.1) is 0 Å². The van der Waals surface area contributed by atoms with Crippen molar-refractivity contribution in [2.75, 3.05) is 0 Å². The number of halogens is 1. The first-order chi connectivity index (χ1) is 8.66. The zero-order valence-corrected chi connectivity index (χ0v) is 10.3. The molecule has 0 saturated heterocycles. The van der Waals surface area contributed by atoms with Gasteiger partial charge in [0, 0.05) is 17.4 Å². The minimum Gasteiger partial charge on any atom is -0.481 e. The predicted octanol–water partition coefficient (Wildman–Crippen LogP) is 3.15. The highest BCUT2D eigenvalue weighted by Crippen LogP contribution is 2.22. The molecule has 3 nitrogen and oxygen atoms in total. The third-order valence-corrected chi connectivity index (χ3v) is 3.01. The molecule has 0 spiro atoms. The Morgan fingerprint density at radius 1 is 1.17 bits per heavy atom. The normalized spacial score (nSPS) is 12.1. The first kappa shape index (κ1) is 12.6. The minimum atomic E-state index is -0.839. The van der Waals surface area contributed by atoms with Gasteiger partial charge in [0.05, 0.1) is 5.92 Å². The van der Waals surface area contributed by atoms with Crippen LogP contribution in [0.5, 0.6) is 0 Å². The molecule has 1 atom stereocenters. The molecule has 0 unspecified atom stereocenters. The van der Waals surface area contributed by atoms with Crippen molar-refractivity contribution in [2.24, 2.45) is 0 Å². The van der Waals surface area contributed by atoms with Crippen LogP contribution in [0.1, 0.15) is 17.0 Å². The first-order valence-corrected chi connectivity index (χ1v) is 5.92.